The van der Waals surface area contributed by atoms with E-state index in [2.05, 4.69) is 10.3 Å². The third kappa shape index (κ3) is 3.86. The molecule has 2 heterocycles. The molecule has 1 aliphatic rings. The van der Waals surface area contributed by atoms with Gasteiger partial charge in [0, 0.05) is 37.2 Å². The Morgan fingerprint density at radius 1 is 1.14 bits per heavy atom. The van der Waals surface area contributed by atoms with Crippen molar-refractivity contribution >= 4 is 21.9 Å². The molecular weight excluding hydrogens is 390 g/mol. The van der Waals surface area contributed by atoms with Crippen LogP contribution in [0, 0.1) is 5.92 Å². The van der Waals surface area contributed by atoms with Crippen LogP contribution in [0.15, 0.2) is 23.6 Å². The average Bonchev–Trinajstić information content (AvgIpc) is 3.37. The Kier molecular flexibility index (Phi) is 5.82. The largest absolute Gasteiger partial charge is 0.497 e. The van der Waals surface area contributed by atoms with Crippen molar-refractivity contribution in [2.75, 3.05) is 53.0 Å². The van der Waals surface area contributed by atoms with Crippen molar-refractivity contribution in [3.8, 4) is 28.6 Å². The van der Waals surface area contributed by atoms with Crippen molar-refractivity contribution in [1.29, 1.82) is 0 Å². The summed E-state index contributed by atoms with van der Waals surface area (Å²) in [6, 6.07) is 5.82. The summed E-state index contributed by atoms with van der Waals surface area (Å²) < 4.78 is 23.9. The fourth-order valence-corrected chi connectivity index (χ4v) is 4.53. The summed E-state index contributed by atoms with van der Waals surface area (Å²) in [7, 11) is 6.73. The lowest BCUT2D eigenvalue weighted by molar-refractivity contribution is 0.205. The molecule has 156 valence electrons. The van der Waals surface area contributed by atoms with E-state index >= 15 is 0 Å². The lowest BCUT2D eigenvalue weighted by atomic mass is 10.1. The lowest BCUT2D eigenvalue weighted by Gasteiger charge is -2.23. The highest BCUT2D eigenvalue weighted by Crippen LogP contribution is 2.43. The number of thiazole rings is 1. The zero-order valence-corrected chi connectivity index (χ0v) is 18.1. The van der Waals surface area contributed by atoms with Gasteiger partial charge in [-0.1, -0.05) is 0 Å². The Labute approximate surface area is 174 Å². The number of aromatic nitrogens is 2. The van der Waals surface area contributed by atoms with Crippen molar-refractivity contribution in [2.24, 2.45) is 5.92 Å². The molecule has 3 aromatic rings. The number of nitrogens with zero attached hydrogens (tertiary/aromatic N) is 3. The molecule has 0 N–H and O–H groups in total. The highest BCUT2D eigenvalue weighted by Gasteiger charge is 2.29. The Hall–Kier alpha value is -2.45. The lowest BCUT2D eigenvalue weighted by Crippen LogP contribution is -2.29. The summed E-state index contributed by atoms with van der Waals surface area (Å²) in [6.45, 7) is 2.47. The summed E-state index contributed by atoms with van der Waals surface area (Å²) in [6.07, 6.45) is 2.57. The molecule has 1 aliphatic carbocycles. The second kappa shape index (κ2) is 8.51. The number of methoxy groups -OCH3 is 4. The van der Waals surface area contributed by atoms with Gasteiger partial charge in [-0.15, -0.1) is 16.4 Å². The van der Waals surface area contributed by atoms with Gasteiger partial charge in [-0.25, -0.2) is 4.52 Å². The first-order chi connectivity index (χ1) is 14.2. The summed E-state index contributed by atoms with van der Waals surface area (Å²) in [5.41, 5.74) is 2.97. The van der Waals surface area contributed by atoms with Crippen LogP contribution in [-0.4, -0.2) is 57.7 Å². The number of hydrogen-bond donors (Lipinski definition) is 0. The molecule has 0 atom stereocenters. The van der Waals surface area contributed by atoms with Gasteiger partial charge >= 0.3 is 0 Å². The molecule has 0 spiro atoms. The Balaban J connectivity index is 1.79. The monoisotopic (exact) mass is 417 g/mol. The van der Waals surface area contributed by atoms with E-state index in [0.29, 0.717) is 12.5 Å². The van der Waals surface area contributed by atoms with Gasteiger partial charge in [-0.05, 0) is 30.9 Å². The van der Waals surface area contributed by atoms with E-state index in [4.69, 9.17) is 24.0 Å². The van der Waals surface area contributed by atoms with Crippen LogP contribution >= 0.6 is 11.3 Å². The molecule has 1 fully saturated rings. The van der Waals surface area contributed by atoms with E-state index in [1.807, 2.05) is 22.7 Å². The van der Waals surface area contributed by atoms with Gasteiger partial charge in [0.25, 0.3) is 5.88 Å². The van der Waals surface area contributed by atoms with Crippen LogP contribution in [-0.2, 0) is 4.74 Å². The molecule has 2 aromatic heterocycles. The van der Waals surface area contributed by atoms with E-state index < -0.39 is 0 Å². The van der Waals surface area contributed by atoms with E-state index in [1.54, 1.807) is 39.8 Å². The molecule has 29 heavy (non-hydrogen) atoms. The number of rotatable bonds is 10. The minimum absolute atomic E-state index is 0.641. The minimum Gasteiger partial charge on any atom is -0.497 e. The first kappa shape index (κ1) is 19.8. The average molecular weight is 418 g/mol. The SMILES string of the molecule is COCCN(CC1CC1)c1c(OC)nn2c(-c3ccc(OC)cc3OC)csc12. The van der Waals surface area contributed by atoms with Crippen LogP contribution in [0.5, 0.6) is 17.4 Å². The standard InChI is InChI=1S/C21H27N3O4S/c1-25-10-9-23(12-14-5-6-14)19-20(28-4)22-24-17(13-29-21(19)24)16-8-7-15(26-2)11-18(16)27-3/h7-8,11,13-14H,5-6,9-10,12H2,1-4H3. The smallest absolute Gasteiger partial charge is 0.258 e. The topological polar surface area (TPSA) is 57.5 Å². The summed E-state index contributed by atoms with van der Waals surface area (Å²) in [5, 5.41) is 6.89. The number of anilines is 1. The summed E-state index contributed by atoms with van der Waals surface area (Å²) in [4.78, 5) is 3.42. The molecule has 1 aromatic carbocycles. The highest BCUT2D eigenvalue weighted by molar-refractivity contribution is 7.16. The molecule has 0 amide bonds. The molecule has 7 nitrogen and oxygen atoms in total. The van der Waals surface area contributed by atoms with Crippen molar-refractivity contribution in [3.05, 3.63) is 23.6 Å². The zero-order valence-electron chi connectivity index (χ0n) is 17.3. The second-order valence-electron chi connectivity index (χ2n) is 7.14. The molecule has 0 radical (unpaired) electrons. The van der Waals surface area contributed by atoms with Crippen molar-refractivity contribution in [2.45, 2.75) is 12.8 Å². The predicted octanol–water partition coefficient (Wildman–Crippen LogP) is 3.95. The predicted molar refractivity (Wildman–Crippen MR) is 115 cm³/mol. The van der Waals surface area contributed by atoms with E-state index in [9.17, 15) is 0 Å². The third-order valence-electron chi connectivity index (χ3n) is 5.23. The van der Waals surface area contributed by atoms with Crippen LogP contribution in [0.4, 0.5) is 5.69 Å². The third-order valence-corrected chi connectivity index (χ3v) is 6.16. The molecule has 4 rings (SSSR count). The number of ether oxygens (including phenoxy) is 4. The van der Waals surface area contributed by atoms with Gasteiger partial charge < -0.3 is 23.8 Å². The Morgan fingerprint density at radius 2 is 1.97 bits per heavy atom. The normalized spacial score (nSPS) is 13.7. The summed E-state index contributed by atoms with van der Waals surface area (Å²) >= 11 is 1.66. The van der Waals surface area contributed by atoms with Crippen molar-refractivity contribution in [3.63, 3.8) is 0 Å². The fourth-order valence-electron chi connectivity index (χ4n) is 3.51. The van der Waals surface area contributed by atoms with Gasteiger partial charge in [-0.2, -0.15) is 0 Å². The Morgan fingerprint density at radius 3 is 2.62 bits per heavy atom. The maximum atomic E-state index is 5.68. The summed E-state index contributed by atoms with van der Waals surface area (Å²) in [5.74, 6) is 2.88. The zero-order chi connectivity index (χ0) is 20.4. The Bertz CT molecular complexity index is 980. The molecule has 1 saturated carbocycles. The number of fused-ring (bicyclic) bond motifs is 1. The van der Waals surface area contributed by atoms with E-state index in [0.717, 1.165) is 52.3 Å². The van der Waals surface area contributed by atoms with E-state index in [1.165, 1.54) is 12.8 Å². The maximum Gasteiger partial charge on any atom is 0.258 e. The highest BCUT2D eigenvalue weighted by atomic mass is 32.1. The maximum absolute atomic E-state index is 5.68. The van der Waals surface area contributed by atoms with Gasteiger partial charge in [-0.3, -0.25) is 0 Å². The van der Waals surface area contributed by atoms with Crippen LogP contribution in [0.3, 0.4) is 0 Å². The second-order valence-corrected chi connectivity index (χ2v) is 8.00. The first-order valence-electron chi connectivity index (χ1n) is 9.70. The van der Waals surface area contributed by atoms with E-state index in [-0.39, 0.29) is 0 Å². The van der Waals surface area contributed by atoms with Gasteiger partial charge in [0.05, 0.1) is 33.6 Å². The van der Waals surface area contributed by atoms with Crippen LogP contribution in [0.25, 0.3) is 16.1 Å². The van der Waals surface area contributed by atoms with Gasteiger partial charge in [0.1, 0.15) is 22.0 Å². The number of hydrogen-bond acceptors (Lipinski definition) is 7. The molecule has 8 heteroatoms. The van der Waals surface area contributed by atoms with Gasteiger partial charge in [0.15, 0.2) is 0 Å². The van der Waals surface area contributed by atoms with Crippen molar-refractivity contribution < 1.29 is 18.9 Å². The quantitative estimate of drug-likeness (QED) is 0.498. The molecule has 0 saturated heterocycles. The fraction of sp³-hybridized carbons (Fsp3) is 0.476. The molecule has 0 unspecified atom stereocenters. The van der Waals surface area contributed by atoms with Gasteiger partial charge in [0.2, 0.25) is 0 Å². The first-order valence-corrected chi connectivity index (χ1v) is 10.6. The minimum atomic E-state index is 0.641. The van der Waals surface area contributed by atoms with Crippen LogP contribution in [0.1, 0.15) is 12.8 Å². The van der Waals surface area contributed by atoms with Crippen LogP contribution < -0.4 is 19.1 Å². The molecule has 0 aliphatic heterocycles. The molecular formula is C21H27N3O4S. The number of benzene rings is 1. The molecule has 0 bridgehead atoms. The van der Waals surface area contributed by atoms with Crippen molar-refractivity contribution in [1.82, 2.24) is 9.61 Å². The van der Waals surface area contributed by atoms with Crippen LogP contribution in [0.2, 0.25) is 0 Å².